The van der Waals surface area contributed by atoms with Crippen LogP contribution in [0.5, 0.6) is 0 Å². The van der Waals surface area contributed by atoms with E-state index >= 15 is 0 Å². The zero-order valence-electron chi connectivity index (χ0n) is 17.9. The van der Waals surface area contributed by atoms with Crippen molar-refractivity contribution in [2.75, 3.05) is 0 Å². The molecule has 0 saturated heterocycles. The van der Waals surface area contributed by atoms with Crippen LogP contribution in [0.4, 0.5) is 0 Å². The number of carboxylic acids is 1. The van der Waals surface area contributed by atoms with Crippen LogP contribution in [-0.2, 0) is 4.79 Å². The van der Waals surface area contributed by atoms with E-state index in [1.54, 1.807) is 0 Å². The monoisotopic (exact) mass is 392 g/mol. The molecule has 4 heteroatoms. The largest absolute Gasteiger partial charge is 0.481 e. The van der Waals surface area contributed by atoms with Crippen LogP contribution in [0.2, 0.25) is 0 Å². The Morgan fingerprint density at radius 2 is 1.57 bits per heavy atom. The second-order valence-electron chi connectivity index (χ2n) is 11.3. The Morgan fingerprint density at radius 1 is 0.929 bits per heavy atom. The summed E-state index contributed by atoms with van der Waals surface area (Å²) >= 11 is 0. The highest BCUT2D eigenvalue weighted by molar-refractivity contribution is 5.66. The Bertz CT molecular complexity index is 605. The maximum Gasteiger partial charge on any atom is 0.303 e. The molecule has 0 aliphatic heterocycles. The van der Waals surface area contributed by atoms with Crippen LogP contribution in [-0.4, -0.2) is 33.5 Å². The van der Waals surface area contributed by atoms with Crippen LogP contribution in [0.25, 0.3) is 0 Å². The SMILES string of the molecule is C[C@H](CCC(=O)O)[C@H]1CC[C@H]2[C@@H]3CC[C@@H]4[C@@H](O)C(O)CC[C@]4(C)[C@H]3CC[C@]12C. The molecule has 0 aromatic rings. The summed E-state index contributed by atoms with van der Waals surface area (Å²) in [6, 6.07) is 0. The van der Waals surface area contributed by atoms with Gasteiger partial charge in [0.25, 0.3) is 0 Å². The zero-order valence-corrected chi connectivity index (χ0v) is 17.9. The number of aliphatic hydroxyl groups excluding tert-OH is 2. The first-order valence-corrected chi connectivity index (χ1v) is 11.8. The van der Waals surface area contributed by atoms with Gasteiger partial charge in [-0.25, -0.2) is 0 Å². The van der Waals surface area contributed by atoms with Gasteiger partial charge in [0.2, 0.25) is 0 Å². The standard InChI is InChI=1S/C24H40O4/c1-14(4-9-21(26)27)16-7-8-17-15-5-6-19-22(28)20(25)11-13-24(19,3)18(15)10-12-23(16,17)2/h14-20,22,25,28H,4-13H2,1-3H3,(H,26,27)/t14-,15+,16-,17+,18+,19-,20?,22-,23-,24-/m1/s1. The lowest BCUT2D eigenvalue weighted by Crippen LogP contribution is -2.58. The molecule has 0 spiro atoms. The van der Waals surface area contributed by atoms with E-state index in [0.717, 1.165) is 37.5 Å². The van der Waals surface area contributed by atoms with Crippen molar-refractivity contribution < 1.29 is 20.1 Å². The van der Waals surface area contributed by atoms with E-state index in [1.165, 1.54) is 32.1 Å². The molecule has 0 heterocycles. The maximum absolute atomic E-state index is 11.0. The van der Waals surface area contributed by atoms with E-state index in [2.05, 4.69) is 20.8 Å². The predicted molar refractivity (Wildman–Crippen MR) is 109 cm³/mol. The minimum absolute atomic E-state index is 0.176. The molecule has 1 unspecified atom stereocenters. The van der Waals surface area contributed by atoms with Gasteiger partial charge in [0, 0.05) is 6.42 Å². The average molecular weight is 393 g/mol. The lowest BCUT2D eigenvalue weighted by atomic mass is 9.44. The number of hydrogen-bond donors (Lipinski definition) is 3. The van der Waals surface area contributed by atoms with Gasteiger partial charge >= 0.3 is 5.97 Å². The van der Waals surface area contributed by atoms with E-state index in [0.29, 0.717) is 29.6 Å². The average Bonchev–Trinajstić information content (AvgIpc) is 3.00. The number of fused-ring (bicyclic) bond motifs is 5. The van der Waals surface area contributed by atoms with Crippen molar-refractivity contribution >= 4 is 5.97 Å². The Balaban J connectivity index is 1.53. The summed E-state index contributed by atoms with van der Waals surface area (Å²) < 4.78 is 0. The molecule has 4 saturated carbocycles. The second kappa shape index (κ2) is 7.27. The Hall–Kier alpha value is -0.610. The summed E-state index contributed by atoms with van der Waals surface area (Å²) in [5.41, 5.74) is 0.533. The van der Waals surface area contributed by atoms with Crippen LogP contribution in [0, 0.1) is 46.3 Å². The summed E-state index contributed by atoms with van der Waals surface area (Å²) in [6.07, 6.45) is 9.13. The highest BCUT2D eigenvalue weighted by Gasteiger charge is 2.61. The molecule has 4 aliphatic carbocycles. The summed E-state index contributed by atoms with van der Waals surface area (Å²) in [4.78, 5) is 11.0. The van der Waals surface area contributed by atoms with Gasteiger partial charge in [-0.15, -0.1) is 0 Å². The molecular formula is C24H40O4. The number of carboxylic acid groups (broad SMARTS) is 1. The second-order valence-corrected chi connectivity index (χ2v) is 11.3. The molecule has 4 fully saturated rings. The Morgan fingerprint density at radius 3 is 2.29 bits per heavy atom. The quantitative estimate of drug-likeness (QED) is 0.659. The van der Waals surface area contributed by atoms with E-state index in [9.17, 15) is 15.0 Å². The topological polar surface area (TPSA) is 77.8 Å². The third-order valence-electron chi connectivity index (χ3n) is 10.3. The number of carbonyl (C=O) groups is 1. The third-order valence-corrected chi connectivity index (χ3v) is 10.3. The highest BCUT2D eigenvalue weighted by atomic mass is 16.4. The molecule has 0 amide bonds. The van der Waals surface area contributed by atoms with Crippen molar-refractivity contribution in [1.29, 1.82) is 0 Å². The fourth-order valence-electron chi connectivity index (χ4n) is 8.84. The number of hydrogen-bond acceptors (Lipinski definition) is 3. The van der Waals surface area contributed by atoms with Crippen molar-refractivity contribution in [2.45, 2.75) is 97.2 Å². The summed E-state index contributed by atoms with van der Waals surface area (Å²) in [5.74, 6) is 2.92. The molecule has 0 bridgehead atoms. The fourth-order valence-corrected chi connectivity index (χ4v) is 8.84. The lowest BCUT2D eigenvalue weighted by molar-refractivity contribution is -0.174. The van der Waals surface area contributed by atoms with Gasteiger partial charge in [-0.1, -0.05) is 20.8 Å². The van der Waals surface area contributed by atoms with Crippen LogP contribution in [0.3, 0.4) is 0 Å². The molecule has 160 valence electrons. The Kier molecular flexibility index (Phi) is 5.36. The van der Waals surface area contributed by atoms with E-state index < -0.39 is 18.2 Å². The summed E-state index contributed by atoms with van der Waals surface area (Å²) in [7, 11) is 0. The van der Waals surface area contributed by atoms with Crippen molar-refractivity contribution in [3.8, 4) is 0 Å². The van der Waals surface area contributed by atoms with Crippen LogP contribution in [0.15, 0.2) is 0 Å². The van der Waals surface area contributed by atoms with Crippen LogP contribution >= 0.6 is 0 Å². The predicted octanol–water partition coefficient (Wildman–Crippen LogP) is 4.48. The first kappa shape index (κ1) is 20.7. The van der Waals surface area contributed by atoms with Gasteiger partial charge in [-0.2, -0.15) is 0 Å². The highest BCUT2D eigenvalue weighted by Crippen LogP contribution is 2.68. The number of aliphatic hydroxyl groups is 2. The third kappa shape index (κ3) is 3.05. The van der Waals surface area contributed by atoms with Crippen LogP contribution < -0.4 is 0 Å². The molecule has 0 radical (unpaired) electrons. The van der Waals surface area contributed by atoms with Gasteiger partial charge < -0.3 is 15.3 Å². The van der Waals surface area contributed by atoms with E-state index in [-0.39, 0.29) is 11.3 Å². The van der Waals surface area contributed by atoms with E-state index in [4.69, 9.17) is 5.11 Å². The smallest absolute Gasteiger partial charge is 0.303 e. The number of aliphatic carboxylic acids is 1. The Labute approximate surface area is 170 Å². The number of rotatable bonds is 4. The molecule has 0 aromatic carbocycles. The van der Waals surface area contributed by atoms with Crippen molar-refractivity contribution in [2.24, 2.45) is 46.3 Å². The molecule has 3 N–H and O–H groups in total. The molecule has 28 heavy (non-hydrogen) atoms. The fraction of sp³-hybridized carbons (Fsp3) is 0.958. The van der Waals surface area contributed by atoms with Gasteiger partial charge in [-0.05, 0) is 104 Å². The lowest BCUT2D eigenvalue weighted by Gasteiger charge is -2.62. The minimum atomic E-state index is -0.667. The van der Waals surface area contributed by atoms with Crippen LogP contribution in [0.1, 0.15) is 85.0 Å². The van der Waals surface area contributed by atoms with E-state index in [1.807, 2.05) is 0 Å². The van der Waals surface area contributed by atoms with Crippen molar-refractivity contribution in [1.82, 2.24) is 0 Å². The zero-order chi connectivity index (χ0) is 20.3. The summed E-state index contributed by atoms with van der Waals surface area (Å²) in [5, 5.41) is 30.0. The molecule has 4 rings (SSSR count). The van der Waals surface area contributed by atoms with Crippen molar-refractivity contribution in [3.05, 3.63) is 0 Å². The van der Waals surface area contributed by atoms with Gasteiger partial charge in [0.15, 0.2) is 0 Å². The molecule has 10 atom stereocenters. The molecule has 0 aromatic heterocycles. The van der Waals surface area contributed by atoms with Gasteiger partial charge in [-0.3, -0.25) is 4.79 Å². The molecule has 4 aliphatic rings. The normalized spacial score (nSPS) is 51.7. The van der Waals surface area contributed by atoms with Crippen molar-refractivity contribution in [3.63, 3.8) is 0 Å². The van der Waals surface area contributed by atoms with Gasteiger partial charge in [0.1, 0.15) is 0 Å². The first-order chi connectivity index (χ1) is 13.2. The minimum Gasteiger partial charge on any atom is -0.481 e. The molecular weight excluding hydrogens is 352 g/mol. The maximum atomic E-state index is 11.0. The molecule has 4 nitrogen and oxygen atoms in total. The first-order valence-electron chi connectivity index (χ1n) is 11.8. The van der Waals surface area contributed by atoms with Gasteiger partial charge in [0.05, 0.1) is 12.2 Å². The summed E-state index contributed by atoms with van der Waals surface area (Å²) in [6.45, 7) is 7.20.